The fourth-order valence-corrected chi connectivity index (χ4v) is 2.65. The third-order valence-electron chi connectivity index (χ3n) is 3.21. The minimum atomic E-state index is -1.16. The van der Waals surface area contributed by atoms with Gasteiger partial charge >= 0.3 is 5.97 Å². The molecule has 0 aromatic heterocycles. The molecular formula is C18H15Br2NO4. The van der Waals surface area contributed by atoms with Crippen LogP contribution < -0.4 is 4.74 Å². The van der Waals surface area contributed by atoms with Crippen molar-refractivity contribution in [3.63, 3.8) is 0 Å². The summed E-state index contributed by atoms with van der Waals surface area (Å²) < 4.78 is 6.62. The zero-order valence-corrected chi connectivity index (χ0v) is 16.5. The Morgan fingerprint density at radius 1 is 1.16 bits per heavy atom. The normalized spacial score (nSPS) is 10.9. The summed E-state index contributed by atoms with van der Waals surface area (Å²) in [5.41, 5.74) is 2.01. The molecule has 130 valence electrons. The lowest BCUT2D eigenvalue weighted by molar-refractivity contribution is -0.129. The summed E-state index contributed by atoms with van der Waals surface area (Å²) >= 11 is 6.63. The summed E-state index contributed by atoms with van der Waals surface area (Å²) in [5.74, 6) is -0.482. The first-order valence-electron chi connectivity index (χ1n) is 7.19. The van der Waals surface area contributed by atoms with Gasteiger partial charge in [0, 0.05) is 5.56 Å². The van der Waals surface area contributed by atoms with Crippen LogP contribution in [0.15, 0.2) is 57.1 Å². The van der Waals surface area contributed by atoms with Gasteiger partial charge in [0.2, 0.25) is 0 Å². The quantitative estimate of drug-likeness (QED) is 0.468. The molecule has 0 aliphatic rings. The maximum Gasteiger partial charge on any atom is 0.358 e. The van der Waals surface area contributed by atoms with E-state index in [9.17, 15) is 9.90 Å². The molecule has 0 fully saturated rings. The Labute approximate surface area is 162 Å². The number of nitrogens with zero attached hydrogens (tertiary/aromatic N) is 1. The number of aliphatic carboxylic acids is 1. The molecule has 2 rings (SSSR count). The number of rotatable bonds is 7. The minimum absolute atomic E-state index is 0.163. The fourth-order valence-electron chi connectivity index (χ4n) is 2.12. The van der Waals surface area contributed by atoms with E-state index in [1.54, 1.807) is 18.2 Å². The third kappa shape index (κ3) is 5.72. The Morgan fingerprint density at radius 2 is 1.84 bits per heavy atom. The van der Waals surface area contributed by atoms with E-state index in [1.165, 1.54) is 7.11 Å². The topological polar surface area (TPSA) is 68.1 Å². The van der Waals surface area contributed by atoms with Gasteiger partial charge in [0.05, 0.1) is 3.39 Å². The van der Waals surface area contributed by atoms with Crippen molar-refractivity contribution >= 4 is 49.6 Å². The summed E-state index contributed by atoms with van der Waals surface area (Å²) in [6.45, 7) is 0.212. The van der Waals surface area contributed by atoms with Gasteiger partial charge in [-0.2, -0.15) is 0 Å². The lowest BCUT2D eigenvalue weighted by Crippen LogP contribution is -2.17. The molecule has 0 bridgehead atoms. The van der Waals surface area contributed by atoms with E-state index in [1.807, 2.05) is 36.4 Å². The molecule has 7 heteroatoms. The van der Waals surface area contributed by atoms with Gasteiger partial charge in [-0.25, -0.2) is 4.79 Å². The first-order valence-corrected chi connectivity index (χ1v) is 8.78. The van der Waals surface area contributed by atoms with E-state index in [0.29, 0.717) is 16.9 Å². The molecule has 5 nitrogen and oxygen atoms in total. The second-order valence-electron chi connectivity index (χ2n) is 4.88. The number of ether oxygens (including phenoxy) is 1. The largest absolute Gasteiger partial charge is 0.489 e. The Bertz CT molecular complexity index is 797. The van der Waals surface area contributed by atoms with Crippen LogP contribution in [0.1, 0.15) is 16.7 Å². The maximum absolute atomic E-state index is 11.4. The minimum Gasteiger partial charge on any atom is -0.489 e. The number of halogens is 2. The molecule has 0 atom stereocenters. The molecule has 25 heavy (non-hydrogen) atoms. The van der Waals surface area contributed by atoms with Crippen molar-refractivity contribution in [2.24, 2.45) is 5.16 Å². The van der Waals surface area contributed by atoms with E-state index in [-0.39, 0.29) is 12.3 Å². The molecule has 0 radical (unpaired) electrons. The standard InChI is InChI=1S/C18H15Br2NO4/c1-24-21-17(18(22)23)15-5-3-2-4-13(15)11-25-14-8-6-12(7-9-14)10-16(19)20/h2-10H,11H2,1H3,(H,22,23). The summed E-state index contributed by atoms with van der Waals surface area (Å²) in [4.78, 5) is 16.0. The Hall–Kier alpha value is -2.12. The Kier molecular flexibility index (Phi) is 7.21. The van der Waals surface area contributed by atoms with Gasteiger partial charge < -0.3 is 14.7 Å². The van der Waals surface area contributed by atoms with Crippen molar-refractivity contribution in [1.82, 2.24) is 0 Å². The summed E-state index contributed by atoms with van der Waals surface area (Å²) in [6, 6.07) is 14.5. The van der Waals surface area contributed by atoms with Crippen molar-refractivity contribution in [3.05, 3.63) is 68.6 Å². The molecule has 0 heterocycles. The van der Waals surface area contributed by atoms with Crippen LogP contribution in [0.25, 0.3) is 6.08 Å². The van der Waals surface area contributed by atoms with Gasteiger partial charge in [-0.05, 0) is 61.2 Å². The van der Waals surface area contributed by atoms with Crippen LogP contribution in [0.5, 0.6) is 5.75 Å². The number of carbonyl (C=O) groups is 1. The van der Waals surface area contributed by atoms with E-state index < -0.39 is 5.97 Å². The molecule has 0 spiro atoms. The number of hydrogen-bond acceptors (Lipinski definition) is 4. The van der Waals surface area contributed by atoms with Crippen molar-refractivity contribution in [2.75, 3.05) is 7.11 Å². The van der Waals surface area contributed by atoms with Crippen LogP contribution in [0.4, 0.5) is 0 Å². The van der Waals surface area contributed by atoms with Crippen molar-refractivity contribution in [3.8, 4) is 5.75 Å². The highest BCUT2D eigenvalue weighted by Gasteiger charge is 2.17. The predicted molar refractivity (Wildman–Crippen MR) is 104 cm³/mol. The fraction of sp³-hybridized carbons (Fsp3) is 0.111. The van der Waals surface area contributed by atoms with Gasteiger partial charge in [0.15, 0.2) is 5.71 Å². The monoisotopic (exact) mass is 467 g/mol. The lowest BCUT2D eigenvalue weighted by Gasteiger charge is -2.11. The van der Waals surface area contributed by atoms with Crippen LogP contribution >= 0.6 is 31.9 Å². The van der Waals surface area contributed by atoms with E-state index in [4.69, 9.17) is 4.74 Å². The highest BCUT2D eigenvalue weighted by molar-refractivity contribution is 9.28. The second-order valence-corrected chi connectivity index (χ2v) is 7.65. The SMILES string of the molecule is CON=C(C(=O)O)c1ccccc1COc1ccc(C=C(Br)Br)cc1. The summed E-state index contributed by atoms with van der Waals surface area (Å²) in [5, 5.41) is 12.9. The molecule has 0 saturated carbocycles. The highest BCUT2D eigenvalue weighted by Crippen LogP contribution is 2.21. The molecular weight excluding hydrogens is 454 g/mol. The van der Waals surface area contributed by atoms with Gasteiger partial charge in [-0.15, -0.1) is 0 Å². The smallest absolute Gasteiger partial charge is 0.358 e. The second kappa shape index (κ2) is 9.39. The molecule has 0 unspecified atom stereocenters. The Morgan fingerprint density at radius 3 is 2.44 bits per heavy atom. The predicted octanol–water partition coefficient (Wildman–Crippen LogP) is 4.79. The number of carboxylic acid groups (broad SMARTS) is 1. The first kappa shape index (κ1) is 19.2. The first-order chi connectivity index (χ1) is 12.0. The molecule has 0 amide bonds. The third-order valence-corrected chi connectivity index (χ3v) is 3.67. The van der Waals surface area contributed by atoms with Crippen LogP contribution in [-0.2, 0) is 16.2 Å². The van der Waals surface area contributed by atoms with Crippen LogP contribution in [-0.4, -0.2) is 23.9 Å². The van der Waals surface area contributed by atoms with Crippen molar-refractivity contribution in [1.29, 1.82) is 0 Å². The number of hydrogen-bond donors (Lipinski definition) is 1. The van der Waals surface area contributed by atoms with Gasteiger partial charge in [0.25, 0.3) is 0 Å². The number of benzene rings is 2. The van der Waals surface area contributed by atoms with E-state index in [0.717, 1.165) is 8.96 Å². The Balaban J connectivity index is 2.17. The maximum atomic E-state index is 11.4. The highest BCUT2D eigenvalue weighted by atomic mass is 79.9. The molecule has 0 aliphatic heterocycles. The zero-order chi connectivity index (χ0) is 18.2. The van der Waals surface area contributed by atoms with Crippen molar-refractivity contribution < 1.29 is 19.5 Å². The number of oxime groups is 1. The van der Waals surface area contributed by atoms with E-state index >= 15 is 0 Å². The lowest BCUT2D eigenvalue weighted by atomic mass is 10.0. The van der Waals surface area contributed by atoms with Gasteiger partial charge in [-0.3, -0.25) is 0 Å². The number of carboxylic acids is 1. The van der Waals surface area contributed by atoms with Crippen LogP contribution in [0, 0.1) is 0 Å². The van der Waals surface area contributed by atoms with Gasteiger partial charge in [-0.1, -0.05) is 41.6 Å². The van der Waals surface area contributed by atoms with Crippen molar-refractivity contribution in [2.45, 2.75) is 6.61 Å². The van der Waals surface area contributed by atoms with E-state index in [2.05, 4.69) is 41.9 Å². The molecule has 1 N–H and O–H groups in total. The molecule has 2 aromatic carbocycles. The summed E-state index contributed by atoms with van der Waals surface area (Å²) in [6.07, 6.45) is 1.92. The summed E-state index contributed by atoms with van der Waals surface area (Å²) in [7, 11) is 1.31. The average Bonchev–Trinajstić information content (AvgIpc) is 2.59. The molecule has 0 saturated heterocycles. The molecule has 0 aliphatic carbocycles. The average molecular weight is 469 g/mol. The molecule has 2 aromatic rings. The van der Waals surface area contributed by atoms with Gasteiger partial charge in [0.1, 0.15) is 19.5 Å². The zero-order valence-electron chi connectivity index (χ0n) is 13.3. The van der Waals surface area contributed by atoms with Crippen LogP contribution in [0.2, 0.25) is 0 Å². The van der Waals surface area contributed by atoms with Crippen LogP contribution in [0.3, 0.4) is 0 Å².